The standard InChI is InChI=1S/C25H20N4O6S/c30-24-14-13-18-7-4-5-12-22(18)23(24)16-26-27-25(31)17-28(19-8-6-9-20(15-19)29(32)33)36(34,35)21-10-2-1-3-11-21/h1-16,30H,17H2,(H,27,31)/b26-16+. The predicted molar refractivity (Wildman–Crippen MR) is 135 cm³/mol. The summed E-state index contributed by atoms with van der Waals surface area (Å²) in [4.78, 5) is 23.2. The van der Waals surface area contributed by atoms with Gasteiger partial charge in [0.05, 0.1) is 21.7 Å². The van der Waals surface area contributed by atoms with E-state index in [0.717, 1.165) is 15.8 Å². The van der Waals surface area contributed by atoms with Crippen LogP contribution < -0.4 is 9.73 Å². The van der Waals surface area contributed by atoms with Crippen molar-refractivity contribution in [3.63, 3.8) is 0 Å². The van der Waals surface area contributed by atoms with Crippen LogP contribution in [0, 0.1) is 10.1 Å². The van der Waals surface area contributed by atoms with Gasteiger partial charge < -0.3 is 5.11 Å². The van der Waals surface area contributed by atoms with Crippen LogP contribution >= 0.6 is 0 Å². The van der Waals surface area contributed by atoms with Gasteiger partial charge in [-0.2, -0.15) is 5.10 Å². The number of anilines is 1. The minimum Gasteiger partial charge on any atom is -0.507 e. The Hall–Kier alpha value is -4.77. The van der Waals surface area contributed by atoms with E-state index in [4.69, 9.17) is 0 Å². The van der Waals surface area contributed by atoms with Gasteiger partial charge in [0.1, 0.15) is 12.3 Å². The molecule has 0 saturated carbocycles. The first-order chi connectivity index (χ1) is 17.3. The van der Waals surface area contributed by atoms with E-state index >= 15 is 0 Å². The second-order valence-electron chi connectivity index (χ2n) is 7.61. The summed E-state index contributed by atoms with van der Waals surface area (Å²) in [6, 6.07) is 22.9. The van der Waals surface area contributed by atoms with Crippen molar-refractivity contribution in [3.05, 3.63) is 107 Å². The highest BCUT2D eigenvalue weighted by Gasteiger charge is 2.28. The average molecular weight is 505 g/mol. The highest BCUT2D eigenvalue weighted by molar-refractivity contribution is 7.92. The zero-order chi connectivity index (χ0) is 25.7. The van der Waals surface area contributed by atoms with Crippen molar-refractivity contribution in [1.29, 1.82) is 0 Å². The molecule has 0 unspecified atom stereocenters. The van der Waals surface area contributed by atoms with E-state index in [1.807, 2.05) is 12.1 Å². The van der Waals surface area contributed by atoms with E-state index in [0.29, 0.717) is 10.9 Å². The molecule has 0 atom stereocenters. The third kappa shape index (κ3) is 5.15. The van der Waals surface area contributed by atoms with Crippen LogP contribution in [-0.4, -0.2) is 37.1 Å². The number of nitro groups is 1. The fourth-order valence-corrected chi connectivity index (χ4v) is 4.98. The molecule has 0 aromatic heterocycles. The molecule has 36 heavy (non-hydrogen) atoms. The number of aromatic hydroxyl groups is 1. The monoisotopic (exact) mass is 504 g/mol. The Morgan fingerprint density at radius 3 is 2.47 bits per heavy atom. The normalized spacial score (nSPS) is 11.4. The van der Waals surface area contributed by atoms with Gasteiger partial charge in [-0.05, 0) is 35.0 Å². The second-order valence-corrected chi connectivity index (χ2v) is 9.48. The number of amides is 1. The number of nitro benzene ring substituents is 1. The molecule has 182 valence electrons. The van der Waals surface area contributed by atoms with Crippen LogP contribution in [0.2, 0.25) is 0 Å². The number of nitrogens with one attached hydrogen (secondary N) is 1. The van der Waals surface area contributed by atoms with Crippen molar-refractivity contribution in [2.45, 2.75) is 4.90 Å². The van der Waals surface area contributed by atoms with Gasteiger partial charge in [0, 0.05) is 17.7 Å². The van der Waals surface area contributed by atoms with Gasteiger partial charge in [0.2, 0.25) is 0 Å². The molecule has 0 spiro atoms. The van der Waals surface area contributed by atoms with Crippen molar-refractivity contribution < 1.29 is 23.2 Å². The first-order valence-electron chi connectivity index (χ1n) is 10.6. The summed E-state index contributed by atoms with van der Waals surface area (Å²) in [7, 11) is -4.25. The van der Waals surface area contributed by atoms with Crippen LogP contribution in [0.25, 0.3) is 10.8 Å². The number of rotatable bonds is 8. The van der Waals surface area contributed by atoms with E-state index in [-0.39, 0.29) is 22.0 Å². The Morgan fingerprint density at radius 1 is 1.00 bits per heavy atom. The summed E-state index contributed by atoms with van der Waals surface area (Å²) in [5, 5.41) is 26.9. The van der Waals surface area contributed by atoms with Gasteiger partial charge >= 0.3 is 0 Å². The zero-order valence-electron chi connectivity index (χ0n) is 18.7. The molecular weight excluding hydrogens is 484 g/mol. The molecule has 0 aliphatic heterocycles. The minimum atomic E-state index is -4.25. The molecule has 0 saturated heterocycles. The van der Waals surface area contributed by atoms with Crippen LogP contribution in [0.4, 0.5) is 11.4 Å². The first kappa shape index (κ1) is 24.4. The zero-order valence-corrected chi connectivity index (χ0v) is 19.5. The summed E-state index contributed by atoms with van der Waals surface area (Å²) in [5.41, 5.74) is 2.25. The maximum absolute atomic E-state index is 13.3. The topological polar surface area (TPSA) is 142 Å². The maximum Gasteiger partial charge on any atom is 0.271 e. The molecule has 0 aliphatic carbocycles. The third-order valence-corrected chi connectivity index (χ3v) is 7.07. The van der Waals surface area contributed by atoms with Crippen LogP contribution in [0.3, 0.4) is 0 Å². The van der Waals surface area contributed by atoms with Gasteiger partial charge in [-0.1, -0.05) is 54.6 Å². The Bertz CT molecular complexity index is 1570. The third-order valence-electron chi connectivity index (χ3n) is 5.28. The van der Waals surface area contributed by atoms with Crippen LogP contribution in [0.5, 0.6) is 5.75 Å². The number of carbonyl (C=O) groups is 1. The van der Waals surface area contributed by atoms with Crippen LogP contribution in [0.15, 0.2) is 101 Å². The van der Waals surface area contributed by atoms with Crippen molar-refractivity contribution >= 4 is 44.3 Å². The van der Waals surface area contributed by atoms with E-state index in [2.05, 4.69) is 10.5 Å². The Morgan fingerprint density at radius 2 is 1.72 bits per heavy atom. The van der Waals surface area contributed by atoms with Crippen molar-refractivity contribution in [3.8, 4) is 5.75 Å². The van der Waals surface area contributed by atoms with E-state index < -0.39 is 27.4 Å². The number of hydrogen-bond donors (Lipinski definition) is 2. The van der Waals surface area contributed by atoms with Gasteiger partial charge in [0.25, 0.3) is 21.6 Å². The quantitative estimate of drug-likeness (QED) is 0.212. The van der Waals surface area contributed by atoms with Gasteiger partial charge in [-0.15, -0.1) is 0 Å². The van der Waals surface area contributed by atoms with Crippen LogP contribution in [-0.2, 0) is 14.8 Å². The lowest BCUT2D eigenvalue weighted by Crippen LogP contribution is -2.39. The fourth-order valence-electron chi connectivity index (χ4n) is 3.55. The summed E-state index contributed by atoms with van der Waals surface area (Å²) in [5.74, 6) is -0.839. The number of non-ortho nitro benzene ring substituents is 1. The number of benzene rings is 4. The molecule has 10 nitrogen and oxygen atoms in total. The molecule has 11 heteroatoms. The Kier molecular flexibility index (Phi) is 6.93. The largest absolute Gasteiger partial charge is 0.507 e. The number of phenolic OH excluding ortho intramolecular Hbond substituents is 1. The predicted octanol–water partition coefficient (Wildman–Crippen LogP) is 3.80. The van der Waals surface area contributed by atoms with Crippen molar-refractivity contribution in [2.24, 2.45) is 5.10 Å². The van der Waals surface area contributed by atoms with E-state index in [1.54, 1.807) is 24.3 Å². The first-order valence-corrected chi connectivity index (χ1v) is 12.1. The molecule has 0 bridgehead atoms. The van der Waals surface area contributed by atoms with E-state index in [1.165, 1.54) is 54.7 Å². The molecule has 4 aromatic carbocycles. The van der Waals surface area contributed by atoms with Crippen molar-refractivity contribution in [1.82, 2.24) is 5.43 Å². The number of nitrogens with zero attached hydrogens (tertiary/aromatic N) is 3. The van der Waals surface area contributed by atoms with Gasteiger partial charge in [-0.3, -0.25) is 19.2 Å². The highest BCUT2D eigenvalue weighted by atomic mass is 32.2. The SMILES string of the molecule is O=C(CN(c1cccc([N+](=O)[O-])c1)S(=O)(=O)c1ccccc1)N/N=C/c1c(O)ccc2ccccc12. The molecular formula is C25H20N4O6S. The lowest BCUT2D eigenvalue weighted by Gasteiger charge is -2.23. The molecule has 0 fully saturated rings. The van der Waals surface area contributed by atoms with Gasteiger partial charge in [-0.25, -0.2) is 13.8 Å². The number of carbonyl (C=O) groups excluding carboxylic acids is 1. The highest BCUT2D eigenvalue weighted by Crippen LogP contribution is 2.27. The average Bonchev–Trinajstić information content (AvgIpc) is 2.89. The molecule has 4 aromatic rings. The number of fused-ring (bicyclic) bond motifs is 1. The fraction of sp³-hybridized carbons (Fsp3) is 0.0400. The smallest absolute Gasteiger partial charge is 0.271 e. The van der Waals surface area contributed by atoms with Crippen molar-refractivity contribution in [2.75, 3.05) is 10.8 Å². The Labute approximate surface area is 206 Å². The molecule has 0 aliphatic rings. The Balaban J connectivity index is 1.62. The molecule has 2 N–H and O–H groups in total. The molecule has 0 radical (unpaired) electrons. The van der Waals surface area contributed by atoms with Gasteiger partial charge in [0.15, 0.2) is 0 Å². The molecule has 0 heterocycles. The number of hydrogen-bond acceptors (Lipinski definition) is 7. The van der Waals surface area contributed by atoms with Crippen LogP contribution in [0.1, 0.15) is 5.56 Å². The molecule has 4 rings (SSSR count). The maximum atomic E-state index is 13.3. The summed E-state index contributed by atoms with van der Waals surface area (Å²) in [6.45, 7) is -0.697. The summed E-state index contributed by atoms with van der Waals surface area (Å²) >= 11 is 0. The lowest BCUT2D eigenvalue weighted by atomic mass is 10.0. The summed E-state index contributed by atoms with van der Waals surface area (Å²) < 4.78 is 27.5. The summed E-state index contributed by atoms with van der Waals surface area (Å²) in [6.07, 6.45) is 1.26. The lowest BCUT2D eigenvalue weighted by molar-refractivity contribution is -0.384. The number of hydrazone groups is 1. The molecule has 1 amide bonds. The number of sulfonamides is 1. The second kappa shape index (κ2) is 10.2. The van der Waals surface area contributed by atoms with E-state index in [9.17, 15) is 28.4 Å². The number of phenols is 1. The minimum absolute atomic E-state index is 0.0448.